The van der Waals surface area contributed by atoms with Gasteiger partial charge in [0.05, 0.1) is 31.4 Å². The molecule has 3 N–H and O–H groups in total. The smallest absolute Gasteiger partial charge is 0.409 e. The minimum Gasteiger partial charge on any atom is -0.495 e. The number of allylic oxidation sites excluding steroid dienone is 3. The largest absolute Gasteiger partial charge is 0.495 e. The zero-order valence-corrected chi connectivity index (χ0v) is 23.8. The number of carbonyl (C=O) groups is 2. The van der Waals surface area contributed by atoms with Crippen molar-refractivity contribution in [3.63, 3.8) is 0 Å². The third kappa shape index (κ3) is 5.81. The van der Waals surface area contributed by atoms with Gasteiger partial charge in [0.15, 0.2) is 5.72 Å². The maximum Gasteiger partial charge on any atom is 0.409 e. The lowest BCUT2D eigenvalue weighted by Gasteiger charge is -2.42. The summed E-state index contributed by atoms with van der Waals surface area (Å²) in [5.41, 5.74) is -0.479. The number of aliphatic hydroxyl groups is 2. The number of aliphatic hydroxyl groups excluding tert-OH is 1. The maximum atomic E-state index is 13.3. The number of benzene rings is 1. The Morgan fingerprint density at radius 3 is 2.64 bits per heavy atom. The molecule has 10 nitrogen and oxygen atoms in total. The molecule has 11 heteroatoms. The van der Waals surface area contributed by atoms with Crippen LogP contribution in [0.15, 0.2) is 35.9 Å². The second-order valence-corrected chi connectivity index (χ2v) is 11.2. The first-order valence-corrected chi connectivity index (χ1v) is 13.3. The number of halogens is 1. The van der Waals surface area contributed by atoms with E-state index >= 15 is 0 Å². The maximum absolute atomic E-state index is 13.3. The predicted octanol–water partition coefficient (Wildman–Crippen LogP) is 3.12. The van der Waals surface area contributed by atoms with Crippen LogP contribution in [-0.4, -0.2) is 79.2 Å². The van der Waals surface area contributed by atoms with Crippen LogP contribution in [0.1, 0.15) is 39.2 Å². The number of nitrogens with one attached hydrogen (secondary N) is 1. The predicted molar refractivity (Wildman–Crippen MR) is 145 cm³/mol. The fraction of sp³-hybridized carbons (Fsp3) is 0.571. The molecule has 0 unspecified atom stereocenters. The van der Waals surface area contributed by atoms with Crippen molar-refractivity contribution in [3.8, 4) is 5.75 Å². The van der Waals surface area contributed by atoms with E-state index < -0.39 is 47.8 Å². The van der Waals surface area contributed by atoms with Crippen LogP contribution >= 0.6 is 11.6 Å². The molecule has 2 fully saturated rings. The van der Waals surface area contributed by atoms with Crippen LogP contribution in [-0.2, 0) is 25.4 Å². The summed E-state index contributed by atoms with van der Waals surface area (Å²) < 4.78 is 22.4. The zero-order valence-electron chi connectivity index (χ0n) is 23.1. The van der Waals surface area contributed by atoms with E-state index in [9.17, 15) is 19.8 Å². The zero-order chi connectivity index (χ0) is 28.7. The Hall–Kier alpha value is -2.63. The fourth-order valence-electron chi connectivity index (χ4n) is 5.46. The van der Waals surface area contributed by atoms with Crippen molar-refractivity contribution in [2.75, 3.05) is 26.2 Å². The van der Waals surface area contributed by atoms with Gasteiger partial charge in [0.25, 0.3) is 0 Å². The number of methoxy groups -OCH3 is 2. The molecule has 2 saturated heterocycles. The number of anilines is 1. The van der Waals surface area contributed by atoms with Gasteiger partial charge in [0.2, 0.25) is 5.91 Å². The van der Waals surface area contributed by atoms with Gasteiger partial charge in [0.1, 0.15) is 28.6 Å². The van der Waals surface area contributed by atoms with Crippen LogP contribution in [0.25, 0.3) is 0 Å². The number of hydrogen-bond acceptors (Lipinski definition) is 8. The van der Waals surface area contributed by atoms with Crippen LogP contribution in [0.3, 0.4) is 0 Å². The minimum atomic E-state index is -1.73. The first kappa shape index (κ1) is 29.4. The van der Waals surface area contributed by atoms with Gasteiger partial charge in [-0.2, -0.15) is 0 Å². The van der Waals surface area contributed by atoms with E-state index in [0.29, 0.717) is 17.9 Å². The molecule has 7 atom stereocenters. The standard InChI is InChI=1S/C28H37ClN2O8/c1-15-8-7-9-22(37-6)28(35)14-20(38-26(34)30-28)16(2)25-27(3,39-25)21(32)13-23(33)31(4)18-11-17(10-15)12-19(36-5)24(18)29/h7-9,11-12,16,20-22,25,32,35H,10,13-14H2,1-6H3,(H,30,34)/b9-7+,15-8+/t16-,20+,21+,22-,25-,27+,28+/m1/s1. The lowest BCUT2D eigenvalue weighted by atomic mass is 9.84. The van der Waals surface area contributed by atoms with Gasteiger partial charge in [0, 0.05) is 26.5 Å². The van der Waals surface area contributed by atoms with Gasteiger partial charge in [-0.3, -0.25) is 10.1 Å². The van der Waals surface area contributed by atoms with Crippen molar-refractivity contribution in [1.82, 2.24) is 5.32 Å². The second kappa shape index (κ2) is 11.1. The number of nitrogens with zero attached hydrogens (tertiary/aromatic N) is 1. The van der Waals surface area contributed by atoms with E-state index in [4.69, 9.17) is 30.5 Å². The quantitative estimate of drug-likeness (QED) is 0.467. The lowest BCUT2D eigenvalue weighted by molar-refractivity contribution is -0.142. The summed E-state index contributed by atoms with van der Waals surface area (Å²) in [5, 5.41) is 25.3. The first-order chi connectivity index (χ1) is 18.3. The molecule has 4 rings (SSSR count). The number of alkyl carbamates (subject to hydrolysis) is 1. The van der Waals surface area contributed by atoms with E-state index in [-0.39, 0.29) is 23.8 Å². The normalized spacial score (nSPS) is 37.6. The summed E-state index contributed by atoms with van der Waals surface area (Å²) >= 11 is 6.58. The van der Waals surface area contributed by atoms with Crippen molar-refractivity contribution < 1.29 is 38.7 Å². The van der Waals surface area contributed by atoms with E-state index in [2.05, 4.69) is 5.32 Å². The minimum absolute atomic E-state index is 0.0310. The molecule has 1 aromatic carbocycles. The number of rotatable bonds is 2. The summed E-state index contributed by atoms with van der Waals surface area (Å²) in [6.45, 7) is 5.48. The van der Waals surface area contributed by atoms with Crippen molar-refractivity contribution in [2.24, 2.45) is 5.92 Å². The van der Waals surface area contributed by atoms with Gasteiger partial charge < -0.3 is 34.1 Å². The number of ether oxygens (including phenoxy) is 4. The molecule has 3 heterocycles. The number of carbonyl (C=O) groups excluding carboxylic acids is 2. The van der Waals surface area contributed by atoms with E-state index in [1.165, 1.54) is 19.1 Å². The van der Waals surface area contributed by atoms with E-state index in [1.807, 2.05) is 32.1 Å². The highest BCUT2D eigenvalue weighted by Gasteiger charge is 2.62. The Labute approximate surface area is 233 Å². The molecule has 2 amide bonds. The van der Waals surface area contributed by atoms with Crippen LogP contribution in [0.2, 0.25) is 5.02 Å². The van der Waals surface area contributed by atoms with Gasteiger partial charge >= 0.3 is 6.09 Å². The Morgan fingerprint density at radius 2 is 1.97 bits per heavy atom. The van der Waals surface area contributed by atoms with Crippen LogP contribution in [0.5, 0.6) is 5.75 Å². The highest BCUT2D eigenvalue weighted by atomic mass is 35.5. The summed E-state index contributed by atoms with van der Waals surface area (Å²) in [6, 6.07) is 3.63. The summed E-state index contributed by atoms with van der Waals surface area (Å²) in [6.07, 6.45) is 1.63. The van der Waals surface area contributed by atoms with Gasteiger partial charge in [-0.25, -0.2) is 4.79 Å². The molecule has 1 aromatic rings. The van der Waals surface area contributed by atoms with Crippen molar-refractivity contribution in [1.29, 1.82) is 0 Å². The lowest BCUT2D eigenvalue weighted by Crippen LogP contribution is -2.63. The third-order valence-corrected chi connectivity index (χ3v) is 8.36. The highest BCUT2D eigenvalue weighted by Crippen LogP contribution is 2.48. The molecular weight excluding hydrogens is 528 g/mol. The fourth-order valence-corrected chi connectivity index (χ4v) is 5.78. The topological polar surface area (TPSA) is 130 Å². The molecule has 0 saturated carbocycles. The number of hydrogen-bond donors (Lipinski definition) is 3. The summed E-state index contributed by atoms with van der Waals surface area (Å²) in [5.74, 6) is -0.323. The van der Waals surface area contributed by atoms with E-state index in [0.717, 1.165) is 11.1 Å². The average molecular weight is 565 g/mol. The Kier molecular flexibility index (Phi) is 8.35. The first-order valence-electron chi connectivity index (χ1n) is 12.9. The molecule has 214 valence electrons. The monoisotopic (exact) mass is 564 g/mol. The summed E-state index contributed by atoms with van der Waals surface area (Å²) in [4.78, 5) is 27.1. The number of amides is 2. The number of fused-ring (bicyclic) bond motifs is 5. The number of epoxide rings is 1. The molecule has 0 aliphatic carbocycles. The van der Waals surface area contributed by atoms with E-state index in [1.54, 1.807) is 26.1 Å². The van der Waals surface area contributed by atoms with Gasteiger partial charge in [-0.15, -0.1) is 0 Å². The van der Waals surface area contributed by atoms with Crippen molar-refractivity contribution >= 4 is 29.3 Å². The molecule has 3 aliphatic rings. The average Bonchev–Trinajstić information content (AvgIpc) is 3.58. The van der Waals surface area contributed by atoms with Crippen LogP contribution in [0.4, 0.5) is 10.5 Å². The summed E-state index contributed by atoms with van der Waals surface area (Å²) in [7, 11) is 4.56. The van der Waals surface area contributed by atoms with Crippen molar-refractivity contribution in [3.05, 3.63) is 46.5 Å². The van der Waals surface area contributed by atoms with Crippen LogP contribution in [0, 0.1) is 5.92 Å². The third-order valence-electron chi connectivity index (χ3n) is 7.98. The molecule has 4 bridgehead atoms. The second-order valence-electron chi connectivity index (χ2n) is 10.8. The molecular formula is C28H37ClN2O8. The van der Waals surface area contributed by atoms with Gasteiger partial charge in [-0.05, 0) is 38.0 Å². The SMILES string of the molecule is COc1cc2cc(c1Cl)N(C)C(=O)C[C@H](O)[C@]1(C)O[C@@H]1[C@H](C)[C@@H]1C[C@@](O)(NC(=O)O1)[C@H](OC)/C=C/C=C(\C)C2. The molecule has 0 spiro atoms. The Bertz CT molecular complexity index is 1190. The van der Waals surface area contributed by atoms with Crippen molar-refractivity contribution in [2.45, 2.75) is 75.8 Å². The molecule has 39 heavy (non-hydrogen) atoms. The van der Waals surface area contributed by atoms with Crippen LogP contribution < -0.4 is 15.0 Å². The highest BCUT2D eigenvalue weighted by molar-refractivity contribution is 6.35. The molecule has 0 aromatic heterocycles. The Morgan fingerprint density at radius 1 is 1.26 bits per heavy atom. The Balaban J connectivity index is 1.74. The molecule has 0 radical (unpaired) electrons. The molecule has 3 aliphatic heterocycles. The van der Waals surface area contributed by atoms with Gasteiger partial charge in [-0.1, -0.05) is 42.3 Å².